The van der Waals surface area contributed by atoms with Gasteiger partial charge in [-0.1, -0.05) is 0 Å². The minimum atomic E-state index is -0.265. The molecule has 1 atom stereocenters. The monoisotopic (exact) mass is 197 g/mol. The SMILES string of the molecule is COc1cc(OC)c(O)c([C@H](C)N)c1. The quantitative estimate of drug-likeness (QED) is 0.769. The molecule has 0 spiro atoms. The van der Waals surface area contributed by atoms with Gasteiger partial charge in [0.05, 0.1) is 14.2 Å². The maximum absolute atomic E-state index is 9.72. The fourth-order valence-corrected chi connectivity index (χ4v) is 1.22. The van der Waals surface area contributed by atoms with Crippen LogP contribution in [0, 0.1) is 0 Å². The molecule has 0 fully saturated rings. The Bertz CT molecular complexity index is 323. The predicted molar refractivity (Wildman–Crippen MR) is 53.8 cm³/mol. The van der Waals surface area contributed by atoms with Crippen LogP contribution in [0.3, 0.4) is 0 Å². The lowest BCUT2D eigenvalue weighted by Gasteiger charge is -2.13. The molecule has 4 nitrogen and oxygen atoms in total. The molecule has 0 bridgehead atoms. The lowest BCUT2D eigenvalue weighted by Crippen LogP contribution is -2.06. The fourth-order valence-electron chi connectivity index (χ4n) is 1.22. The van der Waals surface area contributed by atoms with Gasteiger partial charge in [-0.3, -0.25) is 0 Å². The number of aromatic hydroxyl groups is 1. The predicted octanol–water partition coefficient (Wildman–Crippen LogP) is 1.43. The zero-order valence-electron chi connectivity index (χ0n) is 8.57. The lowest BCUT2D eigenvalue weighted by molar-refractivity contribution is 0.359. The standard InChI is InChI=1S/C10H15NO3/c1-6(11)8-4-7(13-2)5-9(14-3)10(8)12/h4-6,12H,11H2,1-3H3/t6-/m0/s1. The first-order valence-electron chi connectivity index (χ1n) is 4.30. The van der Waals surface area contributed by atoms with Crippen LogP contribution in [-0.2, 0) is 0 Å². The summed E-state index contributed by atoms with van der Waals surface area (Å²) < 4.78 is 10.0. The van der Waals surface area contributed by atoms with Crippen LogP contribution in [0.15, 0.2) is 12.1 Å². The molecular formula is C10H15NO3. The zero-order chi connectivity index (χ0) is 10.7. The van der Waals surface area contributed by atoms with Crippen molar-refractivity contribution >= 4 is 0 Å². The van der Waals surface area contributed by atoms with E-state index in [9.17, 15) is 5.11 Å². The average Bonchev–Trinajstić information content (AvgIpc) is 2.17. The smallest absolute Gasteiger partial charge is 0.164 e. The summed E-state index contributed by atoms with van der Waals surface area (Å²) >= 11 is 0. The fraction of sp³-hybridized carbons (Fsp3) is 0.400. The molecule has 0 saturated heterocycles. The minimum Gasteiger partial charge on any atom is -0.504 e. The molecule has 0 aromatic heterocycles. The van der Waals surface area contributed by atoms with Crippen molar-refractivity contribution in [2.45, 2.75) is 13.0 Å². The van der Waals surface area contributed by atoms with E-state index in [4.69, 9.17) is 15.2 Å². The van der Waals surface area contributed by atoms with E-state index in [0.717, 1.165) is 0 Å². The van der Waals surface area contributed by atoms with Gasteiger partial charge in [0.25, 0.3) is 0 Å². The number of hydrogen-bond acceptors (Lipinski definition) is 4. The molecule has 0 aliphatic carbocycles. The van der Waals surface area contributed by atoms with E-state index < -0.39 is 0 Å². The summed E-state index contributed by atoms with van der Waals surface area (Å²) in [5, 5.41) is 9.72. The molecule has 1 rings (SSSR count). The van der Waals surface area contributed by atoms with Gasteiger partial charge in [0.15, 0.2) is 11.5 Å². The summed E-state index contributed by atoms with van der Waals surface area (Å²) in [4.78, 5) is 0. The van der Waals surface area contributed by atoms with Crippen LogP contribution in [0.4, 0.5) is 0 Å². The third-order valence-corrected chi connectivity index (χ3v) is 2.02. The summed E-state index contributed by atoms with van der Waals surface area (Å²) in [7, 11) is 3.04. The highest BCUT2D eigenvalue weighted by atomic mass is 16.5. The molecule has 78 valence electrons. The Labute approximate surface area is 83.3 Å². The number of nitrogens with two attached hydrogens (primary N) is 1. The first-order chi connectivity index (χ1) is 6.60. The van der Waals surface area contributed by atoms with Crippen LogP contribution >= 0.6 is 0 Å². The highest BCUT2D eigenvalue weighted by Crippen LogP contribution is 2.36. The number of benzene rings is 1. The first kappa shape index (κ1) is 10.7. The van der Waals surface area contributed by atoms with E-state index in [1.807, 2.05) is 0 Å². The van der Waals surface area contributed by atoms with Crippen molar-refractivity contribution in [3.63, 3.8) is 0 Å². The average molecular weight is 197 g/mol. The third-order valence-electron chi connectivity index (χ3n) is 2.02. The topological polar surface area (TPSA) is 64.7 Å². The molecule has 0 amide bonds. The van der Waals surface area contributed by atoms with Crippen LogP contribution < -0.4 is 15.2 Å². The lowest BCUT2D eigenvalue weighted by atomic mass is 10.1. The largest absolute Gasteiger partial charge is 0.504 e. The molecule has 0 aliphatic heterocycles. The maximum atomic E-state index is 9.72. The van der Waals surface area contributed by atoms with Gasteiger partial charge in [0.2, 0.25) is 0 Å². The van der Waals surface area contributed by atoms with Crippen molar-refractivity contribution in [3.8, 4) is 17.2 Å². The van der Waals surface area contributed by atoms with Crippen molar-refractivity contribution in [1.29, 1.82) is 0 Å². The van der Waals surface area contributed by atoms with E-state index >= 15 is 0 Å². The van der Waals surface area contributed by atoms with Gasteiger partial charge in [-0.05, 0) is 13.0 Å². The zero-order valence-corrected chi connectivity index (χ0v) is 8.57. The second-order valence-corrected chi connectivity index (χ2v) is 3.06. The summed E-state index contributed by atoms with van der Waals surface area (Å²) in [6.07, 6.45) is 0. The molecule has 0 radical (unpaired) electrons. The highest BCUT2D eigenvalue weighted by Gasteiger charge is 2.13. The van der Waals surface area contributed by atoms with E-state index in [2.05, 4.69) is 0 Å². The number of rotatable bonds is 3. The van der Waals surface area contributed by atoms with Crippen molar-refractivity contribution in [2.75, 3.05) is 14.2 Å². The van der Waals surface area contributed by atoms with Crippen LogP contribution in [0.5, 0.6) is 17.2 Å². The Morgan fingerprint density at radius 3 is 2.36 bits per heavy atom. The number of phenolic OH excluding ortho intramolecular Hbond substituents is 1. The maximum Gasteiger partial charge on any atom is 0.164 e. The normalized spacial score (nSPS) is 12.3. The Kier molecular flexibility index (Phi) is 3.19. The Balaban J connectivity index is 3.27. The van der Waals surface area contributed by atoms with Gasteiger partial charge in [-0.2, -0.15) is 0 Å². The van der Waals surface area contributed by atoms with Gasteiger partial charge in [0, 0.05) is 17.7 Å². The second kappa shape index (κ2) is 4.19. The van der Waals surface area contributed by atoms with E-state index in [1.165, 1.54) is 7.11 Å². The van der Waals surface area contributed by atoms with Gasteiger partial charge in [-0.15, -0.1) is 0 Å². The first-order valence-corrected chi connectivity index (χ1v) is 4.30. The van der Waals surface area contributed by atoms with Gasteiger partial charge >= 0.3 is 0 Å². The van der Waals surface area contributed by atoms with Crippen LogP contribution in [0.25, 0.3) is 0 Å². The van der Waals surface area contributed by atoms with Gasteiger partial charge < -0.3 is 20.3 Å². The van der Waals surface area contributed by atoms with Gasteiger partial charge in [0.1, 0.15) is 5.75 Å². The van der Waals surface area contributed by atoms with Crippen molar-refractivity contribution in [3.05, 3.63) is 17.7 Å². The Morgan fingerprint density at radius 1 is 1.29 bits per heavy atom. The molecule has 0 heterocycles. The highest BCUT2D eigenvalue weighted by molar-refractivity contribution is 5.51. The van der Waals surface area contributed by atoms with Crippen LogP contribution in [0.1, 0.15) is 18.5 Å². The summed E-state index contributed by atoms with van der Waals surface area (Å²) in [6.45, 7) is 1.79. The third kappa shape index (κ3) is 1.90. The minimum absolute atomic E-state index is 0.0725. The number of phenols is 1. The molecule has 1 aromatic carbocycles. The summed E-state index contributed by atoms with van der Waals surface area (Å²) in [5.41, 5.74) is 6.30. The van der Waals surface area contributed by atoms with E-state index in [1.54, 1.807) is 26.2 Å². The van der Waals surface area contributed by atoms with E-state index in [0.29, 0.717) is 17.1 Å². The number of hydrogen-bond donors (Lipinski definition) is 2. The summed E-state index contributed by atoms with van der Waals surface area (Å²) in [6, 6.07) is 3.04. The Hall–Kier alpha value is -1.42. The molecule has 1 aromatic rings. The Morgan fingerprint density at radius 2 is 1.93 bits per heavy atom. The summed E-state index contributed by atoms with van der Waals surface area (Å²) in [5.74, 6) is 1.06. The molecule has 14 heavy (non-hydrogen) atoms. The van der Waals surface area contributed by atoms with Gasteiger partial charge in [-0.25, -0.2) is 0 Å². The second-order valence-electron chi connectivity index (χ2n) is 3.06. The molecule has 3 N–H and O–H groups in total. The van der Waals surface area contributed by atoms with Crippen molar-refractivity contribution in [2.24, 2.45) is 5.73 Å². The van der Waals surface area contributed by atoms with Crippen LogP contribution in [0.2, 0.25) is 0 Å². The van der Waals surface area contributed by atoms with Crippen molar-refractivity contribution < 1.29 is 14.6 Å². The molecular weight excluding hydrogens is 182 g/mol. The molecule has 4 heteroatoms. The molecule has 0 aliphatic rings. The van der Waals surface area contributed by atoms with Crippen molar-refractivity contribution in [1.82, 2.24) is 0 Å². The molecule has 0 saturated carbocycles. The van der Waals surface area contributed by atoms with E-state index in [-0.39, 0.29) is 11.8 Å². The van der Waals surface area contributed by atoms with Crippen LogP contribution in [-0.4, -0.2) is 19.3 Å². The number of ether oxygens (including phenoxy) is 2. The molecule has 0 unspecified atom stereocenters. The number of methoxy groups -OCH3 is 2.